The van der Waals surface area contributed by atoms with Crippen molar-refractivity contribution in [2.24, 2.45) is 5.92 Å². The molecule has 0 aliphatic carbocycles. The van der Waals surface area contributed by atoms with Gasteiger partial charge in [-0.25, -0.2) is 4.79 Å². The normalized spacial score (nSPS) is 18.3. The lowest BCUT2D eigenvalue weighted by atomic mass is 9.95. The van der Waals surface area contributed by atoms with E-state index in [1.165, 1.54) is 5.56 Å². The minimum absolute atomic E-state index is 0.0797. The van der Waals surface area contributed by atoms with Crippen molar-refractivity contribution in [1.82, 2.24) is 10.2 Å². The molecule has 114 valence electrons. The molecule has 1 unspecified atom stereocenters. The van der Waals surface area contributed by atoms with Crippen LogP contribution in [0.15, 0.2) is 30.3 Å². The third-order valence-electron chi connectivity index (χ3n) is 3.80. The van der Waals surface area contributed by atoms with Crippen LogP contribution in [0, 0.1) is 5.92 Å². The molecule has 0 aromatic heterocycles. The number of benzene rings is 1. The lowest BCUT2D eigenvalue weighted by molar-refractivity contribution is -0.138. The zero-order chi connectivity index (χ0) is 15.1. The molecule has 0 bridgehead atoms. The van der Waals surface area contributed by atoms with Crippen molar-refractivity contribution < 1.29 is 14.7 Å². The Hall–Kier alpha value is -2.04. The summed E-state index contributed by atoms with van der Waals surface area (Å²) in [4.78, 5) is 24.6. The Morgan fingerprint density at radius 2 is 2.05 bits per heavy atom. The van der Waals surface area contributed by atoms with Gasteiger partial charge in [-0.2, -0.15) is 0 Å². The highest BCUT2D eigenvalue weighted by molar-refractivity contribution is 5.74. The van der Waals surface area contributed by atoms with E-state index in [4.69, 9.17) is 5.11 Å². The van der Waals surface area contributed by atoms with Crippen molar-refractivity contribution in [2.75, 3.05) is 19.6 Å². The fourth-order valence-electron chi connectivity index (χ4n) is 2.73. The summed E-state index contributed by atoms with van der Waals surface area (Å²) in [6.07, 6.45) is 2.72. The Labute approximate surface area is 125 Å². The lowest BCUT2D eigenvalue weighted by Gasteiger charge is -2.32. The number of carboxylic acids is 1. The molecule has 1 fully saturated rings. The van der Waals surface area contributed by atoms with Crippen LogP contribution in [0.25, 0.3) is 0 Å². The number of likely N-dealkylation sites (tertiary alicyclic amines) is 1. The highest BCUT2D eigenvalue weighted by Gasteiger charge is 2.24. The molecule has 1 atom stereocenters. The van der Waals surface area contributed by atoms with E-state index in [0.717, 1.165) is 19.3 Å². The number of amides is 2. The van der Waals surface area contributed by atoms with Gasteiger partial charge in [0, 0.05) is 26.1 Å². The minimum atomic E-state index is -0.786. The van der Waals surface area contributed by atoms with Crippen LogP contribution in [0.4, 0.5) is 4.79 Å². The highest BCUT2D eigenvalue weighted by atomic mass is 16.4. The average Bonchev–Trinajstić information content (AvgIpc) is 2.48. The van der Waals surface area contributed by atoms with Gasteiger partial charge in [-0.3, -0.25) is 4.79 Å². The summed E-state index contributed by atoms with van der Waals surface area (Å²) in [5.74, 6) is -0.706. The number of hydrogen-bond donors (Lipinski definition) is 2. The third kappa shape index (κ3) is 5.10. The molecule has 0 saturated carbocycles. The molecule has 2 rings (SSSR count). The number of nitrogens with one attached hydrogen (secondary N) is 1. The van der Waals surface area contributed by atoms with Crippen molar-refractivity contribution in [3.05, 3.63) is 35.9 Å². The number of carbonyl (C=O) groups is 2. The van der Waals surface area contributed by atoms with Gasteiger partial charge in [-0.15, -0.1) is 0 Å². The summed E-state index contributed by atoms with van der Waals surface area (Å²) in [6.45, 7) is 1.86. The van der Waals surface area contributed by atoms with Crippen molar-refractivity contribution in [2.45, 2.75) is 25.7 Å². The second kappa shape index (κ2) is 7.67. The van der Waals surface area contributed by atoms with E-state index >= 15 is 0 Å². The second-order valence-corrected chi connectivity index (χ2v) is 5.52. The summed E-state index contributed by atoms with van der Waals surface area (Å²) in [6, 6.07) is 9.93. The Kier molecular flexibility index (Phi) is 5.60. The van der Waals surface area contributed by atoms with Gasteiger partial charge >= 0.3 is 12.0 Å². The van der Waals surface area contributed by atoms with E-state index in [9.17, 15) is 9.59 Å². The fourth-order valence-corrected chi connectivity index (χ4v) is 2.73. The van der Waals surface area contributed by atoms with E-state index < -0.39 is 5.97 Å². The van der Waals surface area contributed by atoms with Crippen molar-refractivity contribution >= 4 is 12.0 Å². The molecule has 1 aromatic rings. The van der Waals surface area contributed by atoms with E-state index in [2.05, 4.69) is 5.32 Å². The third-order valence-corrected chi connectivity index (χ3v) is 3.80. The molecule has 0 radical (unpaired) electrons. The molecule has 2 amide bonds. The number of aliphatic carboxylic acids is 1. The van der Waals surface area contributed by atoms with Crippen LogP contribution in [-0.4, -0.2) is 41.6 Å². The van der Waals surface area contributed by atoms with Crippen LogP contribution in [0.1, 0.15) is 24.8 Å². The molecule has 2 N–H and O–H groups in total. The number of urea groups is 1. The number of nitrogens with zero attached hydrogens (tertiary/aromatic N) is 1. The van der Waals surface area contributed by atoms with Gasteiger partial charge < -0.3 is 15.3 Å². The maximum Gasteiger partial charge on any atom is 0.317 e. The van der Waals surface area contributed by atoms with Crippen molar-refractivity contribution in [3.8, 4) is 0 Å². The number of carboxylic acid groups (broad SMARTS) is 1. The van der Waals surface area contributed by atoms with Gasteiger partial charge in [0.15, 0.2) is 0 Å². The number of carbonyl (C=O) groups excluding carboxylic acids is 1. The first-order chi connectivity index (χ1) is 10.1. The topological polar surface area (TPSA) is 69.6 Å². The van der Waals surface area contributed by atoms with Gasteiger partial charge in [-0.1, -0.05) is 30.3 Å². The summed E-state index contributed by atoms with van der Waals surface area (Å²) in [5, 5.41) is 11.8. The maximum atomic E-state index is 12.1. The fraction of sp³-hybridized carbons (Fsp3) is 0.500. The maximum absolute atomic E-state index is 12.1. The van der Waals surface area contributed by atoms with Gasteiger partial charge in [0.25, 0.3) is 0 Å². The van der Waals surface area contributed by atoms with Crippen LogP contribution in [0.5, 0.6) is 0 Å². The summed E-state index contributed by atoms with van der Waals surface area (Å²) < 4.78 is 0. The van der Waals surface area contributed by atoms with Crippen LogP contribution in [-0.2, 0) is 11.2 Å². The molecule has 5 heteroatoms. The number of piperidine rings is 1. The quantitative estimate of drug-likeness (QED) is 0.872. The molecule has 0 spiro atoms. The molecular weight excluding hydrogens is 268 g/mol. The zero-order valence-corrected chi connectivity index (χ0v) is 12.1. The number of rotatable bonds is 5. The smallest absolute Gasteiger partial charge is 0.317 e. The average molecular weight is 290 g/mol. The molecule has 1 heterocycles. The SMILES string of the molecule is O=C(O)CC1CCCN(C(=O)NCCc2ccccc2)C1. The summed E-state index contributed by atoms with van der Waals surface area (Å²) in [5.41, 5.74) is 1.19. The first-order valence-electron chi connectivity index (χ1n) is 7.43. The van der Waals surface area contributed by atoms with Crippen LogP contribution < -0.4 is 5.32 Å². The monoisotopic (exact) mass is 290 g/mol. The Morgan fingerprint density at radius 1 is 1.29 bits per heavy atom. The predicted octanol–water partition coefficient (Wildman–Crippen LogP) is 2.13. The van der Waals surface area contributed by atoms with Crippen LogP contribution in [0.2, 0.25) is 0 Å². The summed E-state index contributed by atoms with van der Waals surface area (Å²) >= 11 is 0. The highest BCUT2D eigenvalue weighted by Crippen LogP contribution is 2.19. The van der Waals surface area contributed by atoms with Gasteiger partial charge in [0.2, 0.25) is 0 Å². The van der Waals surface area contributed by atoms with Gasteiger partial charge in [0.1, 0.15) is 0 Å². The molecular formula is C16H22N2O3. The van der Waals surface area contributed by atoms with Crippen LogP contribution in [0.3, 0.4) is 0 Å². The lowest BCUT2D eigenvalue weighted by Crippen LogP contribution is -2.46. The van der Waals surface area contributed by atoms with Gasteiger partial charge in [0.05, 0.1) is 0 Å². The second-order valence-electron chi connectivity index (χ2n) is 5.52. The summed E-state index contributed by atoms with van der Waals surface area (Å²) in [7, 11) is 0. The Bertz CT molecular complexity index is 476. The number of hydrogen-bond acceptors (Lipinski definition) is 2. The van der Waals surface area contributed by atoms with E-state index in [0.29, 0.717) is 19.6 Å². The molecule has 5 nitrogen and oxygen atoms in total. The zero-order valence-electron chi connectivity index (χ0n) is 12.1. The van der Waals surface area contributed by atoms with Crippen molar-refractivity contribution in [3.63, 3.8) is 0 Å². The van der Waals surface area contributed by atoms with E-state index in [1.54, 1.807) is 4.90 Å². The largest absolute Gasteiger partial charge is 0.481 e. The van der Waals surface area contributed by atoms with Gasteiger partial charge in [-0.05, 0) is 30.7 Å². The first-order valence-corrected chi connectivity index (χ1v) is 7.43. The Morgan fingerprint density at radius 3 is 2.76 bits per heavy atom. The molecule has 1 aromatic carbocycles. The molecule has 21 heavy (non-hydrogen) atoms. The van der Waals surface area contributed by atoms with Crippen molar-refractivity contribution in [1.29, 1.82) is 0 Å². The standard InChI is InChI=1S/C16H22N2O3/c19-15(20)11-14-7-4-10-18(12-14)16(21)17-9-8-13-5-2-1-3-6-13/h1-3,5-6,14H,4,7-12H2,(H,17,21)(H,19,20). The van der Waals surface area contributed by atoms with Crippen LogP contribution >= 0.6 is 0 Å². The molecule has 1 saturated heterocycles. The molecule has 1 aliphatic heterocycles. The first kappa shape index (κ1) is 15.4. The minimum Gasteiger partial charge on any atom is -0.481 e. The predicted molar refractivity (Wildman–Crippen MR) is 80.1 cm³/mol. The Balaban J connectivity index is 1.73. The van der Waals surface area contributed by atoms with E-state index in [-0.39, 0.29) is 18.4 Å². The van der Waals surface area contributed by atoms with E-state index in [1.807, 2.05) is 30.3 Å². The molecule has 1 aliphatic rings.